The van der Waals surface area contributed by atoms with E-state index >= 15 is 0 Å². The zero-order chi connectivity index (χ0) is 14.0. The van der Waals surface area contributed by atoms with E-state index in [0.717, 1.165) is 25.9 Å². The van der Waals surface area contributed by atoms with E-state index in [1.807, 2.05) is 0 Å². The van der Waals surface area contributed by atoms with Gasteiger partial charge in [-0.05, 0) is 38.5 Å². The fourth-order valence-corrected chi connectivity index (χ4v) is 3.31. The number of piperidine rings is 1. The van der Waals surface area contributed by atoms with Gasteiger partial charge in [-0.1, -0.05) is 6.42 Å². The third kappa shape index (κ3) is 4.07. The van der Waals surface area contributed by atoms with E-state index in [9.17, 15) is 13.2 Å². The summed E-state index contributed by atoms with van der Waals surface area (Å²) in [7, 11) is 0. The second kappa shape index (κ2) is 5.97. The van der Waals surface area contributed by atoms with Gasteiger partial charge in [0, 0.05) is 25.2 Å². The van der Waals surface area contributed by atoms with E-state index in [1.165, 1.54) is 6.42 Å². The molecule has 2 bridgehead atoms. The van der Waals surface area contributed by atoms with Crippen molar-refractivity contribution in [2.75, 3.05) is 19.7 Å². The predicted molar refractivity (Wildman–Crippen MR) is 66.5 cm³/mol. The van der Waals surface area contributed by atoms with E-state index in [1.54, 1.807) is 0 Å². The van der Waals surface area contributed by atoms with Gasteiger partial charge in [0.15, 0.2) is 6.61 Å². The Bertz CT molecular complexity index is 282. The van der Waals surface area contributed by atoms with E-state index in [-0.39, 0.29) is 6.04 Å². The first-order valence-electron chi connectivity index (χ1n) is 7.05. The largest absolute Gasteiger partial charge is 0.413 e. The summed E-state index contributed by atoms with van der Waals surface area (Å²) in [5.74, 6) is 0.811. The lowest BCUT2D eigenvalue weighted by atomic mass is 9.73. The van der Waals surface area contributed by atoms with E-state index in [0.29, 0.717) is 17.9 Å². The van der Waals surface area contributed by atoms with E-state index < -0.39 is 12.8 Å². The van der Waals surface area contributed by atoms with Gasteiger partial charge >= 0.3 is 6.18 Å². The molecule has 0 aromatic carbocycles. The number of hydroxylamine groups is 1. The maximum atomic E-state index is 12.1. The second-order valence-corrected chi connectivity index (χ2v) is 6.05. The molecule has 0 aromatic rings. The Morgan fingerprint density at radius 3 is 2.26 bits per heavy atom. The van der Waals surface area contributed by atoms with Crippen molar-refractivity contribution in [3.05, 3.63) is 0 Å². The number of nitrogens with zero attached hydrogens (tertiary/aromatic N) is 1. The van der Waals surface area contributed by atoms with Crippen molar-refractivity contribution in [1.82, 2.24) is 10.4 Å². The Kier molecular flexibility index (Phi) is 4.74. The molecule has 1 aliphatic carbocycles. The summed E-state index contributed by atoms with van der Waals surface area (Å²) >= 11 is 0. The minimum Gasteiger partial charge on any atom is -0.300 e. The van der Waals surface area contributed by atoms with Crippen LogP contribution >= 0.6 is 0 Å². The van der Waals surface area contributed by atoms with Crippen LogP contribution in [-0.2, 0) is 4.84 Å². The molecule has 0 spiro atoms. The van der Waals surface area contributed by atoms with Crippen molar-refractivity contribution in [2.45, 2.75) is 51.4 Å². The molecule has 2 aliphatic rings. The molecule has 1 saturated heterocycles. The summed E-state index contributed by atoms with van der Waals surface area (Å²) in [4.78, 5) is 7.10. The summed E-state index contributed by atoms with van der Waals surface area (Å²) in [5, 5.41) is 0. The Morgan fingerprint density at radius 2 is 1.79 bits per heavy atom. The lowest BCUT2D eigenvalue weighted by Crippen LogP contribution is -2.58. The van der Waals surface area contributed by atoms with Crippen molar-refractivity contribution < 1.29 is 18.0 Å². The normalized spacial score (nSPS) is 32.8. The molecule has 0 radical (unpaired) electrons. The van der Waals surface area contributed by atoms with Crippen LogP contribution in [0.4, 0.5) is 13.2 Å². The maximum Gasteiger partial charge on any atom is 0.413 e. The number of halogens is 3. The van der Waals surface area contributed by atoms with Gasteiger partial charge in [-0.25, -0.2) is 0 Å². The molecule has 1 aliphatic heterocycles. The topological polar surface area (TPSA) is 24.5 Å². The quantitative estimate of drug-likeness (QED) is 0.801. The molecular formula is C13H23F3N2O. The Labute approximate surface area is 112 Å². The maximum absolute atomic E-state index is 12.1. The smallest absolute Gasteiger partial charge is 0.300 e. The standard InChI is InChI=1S/C13H23F3N2O/c1-9(2)18-6-10-4-3-5-11(7-18)12(10)17-19-8-13(14,15)16/h9-12,17H,3-8H2,1-2H3. The first kappa shape index (κ1) is 15.1. The third-order valence-corrected chi connectivity index (χ3v) is 4.29. The van der Waals surface area contributed by atoms with Crippen LogP contribution in [0.25, 0.3) is 0 Å². The summed E-state index contributed by atoms with van der Waals surface area (Å²) in [6.07, 6.45) is -0.932. The lowest BCUT2D eigenvalue weighted by Gasteiger charge is -2.48. The zero-order valence-electron chi connectivity index (χ0n) is 11.5. The molecule has 3 nitrogen and oxygen atoms in total. The highest BCUT2D eigenvalue weighted by molar-refractivity contribution is 4.94. The number of nitrogens with one attached hydrogen (secondary N) is 1. The van der Waals surface area contributed by atoms with Crippen LogP contribution in [0.2, 0.25) is 0 Å². The minimum atomic E-state index is -4.26. The molecule has 2 rings (SSSR count). The number of rotatable bonds is 4. The highest BCUT2D eigenvalue weighted by Gasteiger charge is 2.40. The van der Waals surface area contributed by atoms with Crippen LogP contribution < -0.4 is 5.48 Å². The first-order valence-corrected chi connectivity index (χ1v) is 7.05. The van der Waals surface area contributed by atoms with Crippen molar-refractivity contribution in [3.8, 4) is 0 Å². The van der Waals surface area contributed by atoms with Crippen LogP contribution in [0.3, 0.4) is 0 Å². The number of hydrogen-bond acceptors (Lipinski definition) is 3. The van der Waals surface area contributed by atoms with Crippen LogP contribution in [-0.4, -0.2) is 42.9 Å². The SMILES string of the molecule is CC(C)N1CC2CCCC(C1)C2NOCC(F)(F)F. The van der Waals surface area contributed by atoms with Crippen molar-refractivity contribution in [3.63, 3.8) is 0 Å². The van der Waals surface area contributed by atoms with E-state index in [2.05, 4.69) is 29.1 Å². The highest BCUT2D eigenvalue weighted by Crippen LogP contribution is 2.35. The molecule has 112 valence electrons. The monoisotopic (exact) mass is 280 g/mol. The predicted octanol–water partition coefficient (Wildman–Crippen LogP) is 2.58. The Hall–Kier alpha value is -0.330. The summed E-state index contributed by atoms with van der Waals surface area (Å²) < 4.78 is 36.3. The van der Waals surface area contributed by atoms with Crippen LogP contribution in [0.5, 0.6) is 0 Å². The lowest BCUT2D eigenvalue weighted by molar-refractivity contribution is -0.200. The van der Waals surface area contributed by atoms with Gasteiger partial charge in [-0.2, -0.15) is 18.7 Å². The molecule has 19 heavy (non-hydrogen) atoms. The summed E-state index contributed by atoms with van der Waals surface area (Å²) in [6, 6.07) is 0.575. The Balaban J connectivity index is 1.87. The van der Waals surface area contributed by atoms with Gasteiger partial charge in [0.1, 0.15) is 0 Å². The number of alkyl halides is 3. The molecule has 2 unspecified atom stereocenters. The van der Waals surface area contributed by atoms with Gasteiger partial charge in [-0.3, -0.25) is 4.84 Å². The average molecular weight is 280 g/mol. The fourth-order valence-electron chi connectivity index (χ4n) is 3.31. The van der Waals surface area contributed by atoms with Gasteiger partial charge < -0.3 is 4.90 Å². The summed E-state index contributed by atoms with van der Waals surface area (Å²) in [5.41, 5.74) is 2.69. The highest BCUT2D eigenvalue weighted by atomic mass is 19.4. The van der Waals surface area contributed by atoms with Crippen molar-refractivity contribution in [2.24, 2.45) is 11.8 Å². The van der Waals surface area contributed by atoms with Crippen LogP contribution in [0.15, 0.2) is 0 Å². The van der Waals surface area contributed by atoms with Gasteiger partial charge in [-0.15, -0.1) is 0 Å². The second-order valence-electron chi connectivity index (χ2n) is 6.05. The van der Waals surface area contributed by atoms with Crippen molar-refractivity contribution >= 4 is 0 Å². The molecule has 1 N–H and O–H groups in total. The average Bonchev–Trinajstić information content (AvgIpc) is 2.26. The van der Waals surface area contributed by atoms with Crippen LogP contribution in [0.1, 0.15) is 33.1 Å². The number of hydrogen-bond donors (Lipinski definition) is 1. The molecular weight excluding hydrogens is 257 g/mol. The zero-order valence-corrected chi connectivity index (χ0v) is 11.5. The van der Waals surface area contributed by atoms with Gasteiger partial charge in [0.2, 0.25) is 0 Å². The van der Waals surface area contributed by atoms with Gasteiger partial charge in [0.25, 0.3) is 0 Å². The molecule has 2 fully saturated rings. The number of likely N-dealkylation sites (tertiary alicyclic amines) is 1. The summed E-state index contributed by atoms with van der Waals surface area (Å²) in [6.45, 7) is 5.05. The van der Waals surface area contributed by atoms with E-state index in [4.69, 9.17) is 0 Å². The first-order chi connectivity index (χ1) is 8.87. The minimum absolute atomic E-state index is 0.0751. The fraction of sp³-hybridized carbons (Fsp3) is 1.00. The molecule has 2 atom stereocenters. The van der Waals surface area contributed by atoms with Gasteiger partial charge in [0.05, 0.1) is 0 Å². The Morgan fingerprint density at radius 1 is 1.21 bits per heavy atom. The van der Waals surface area contributed by atoms with Crippen LogP contribution in [0, 0.1) is 11.8 Å². The molecule has 6 heteroatoms. The molecule has 1 saturated carbocycles. The molecule has 0 aromatic heterocycles. The van der Waals surface area contributed by atoms with Crippen molar-refractivity contribution in [1.29, 1.82) is 0 Å². The third-order valence-electron chi connectivity index (χ3n) is 4.29. The number of fused-ring (bicyclic) bond motifs is 2. The molecule has 1 heterocycles. The molecule has 0 amide bonds.